The maximum atomic E-state index is 9.51. The van der Waals surface area contributed by atoms with Gasteiger partial charge in [-0.3, -0.25) is 0 Å². The van der Waals surface area contributed by atoms with Crippen molar-refractivity contribution in [1.82, 2.24) is 0 Å². The quantitative estimate of drug-likeness (QED) is 0.745. The molecule has 1 aromatic carbocycles. The Morgan fingerprint density at radius 2 is 1.92 bits per heavy atom. The van der Waals surface area contributed by atoms with Crippen molar-refractivity contribution >= 4 is 5.69 Å². The van der Waals surface area contributed by atoms with Crippen LogP contribution in [0.1, 0.15) is 19.4 Å². The molecule has 0 fully saturated rings. The average Bonchev–Trinajstić information content (AvgIpc) is 2.01. The van der Waals surface area contributed by atoms with Crippen molar-refractivity contribution in [2.24, 2.45) is 0 Å². The third-order valence-electron chi connectivity index (χ3n) is 1.86. The summed E-state index contributed by atoms with van der Waals surface area (Å²) in [6.07, 6.45) is 0. The standard InChI is InChI=1S/C11H17NO/c1-9-6-4-5-7-10(9)12-8-11(2,3)13/h4-7,12-13H,8H2,1-3H3. The molecule has 0 unspecified atom stereocenters. The SMILES string of the molecule is Cc1ccccc1NCC(C)(C)O. The van der Waals surface area contributed by atoms with Gasteiger partial charge in [0.15, 0.2) is 0 Å². The Kier molecular flexibility index (Phi) is 2.94. The van der Waals surface area contributed by atoms with E-state index in [0.717, 1.165) is 5.69 Å². The van der Waals surface area contributed by atoms with Crippen molar-refractivity contribution in [3.05, 3.63) is 29.8 Å². The van der Waals surface area contributed by atoms with Crippen LogP contribution in [-0.4, -0.2) is 17.3 Å². The third-order valence-corrected chi connectivity index (χ3v) is 1.86. The Morgan fingerprint density at radius 3 is 2.46 bits per heavy atom. The minimum absolute atomic E-state index is 0.567. The van der Waals surface area contributed by atoms with Crippen molar-refractivity contribution in [3.63, 3.8) is 0 Å². The Bertz CT molecular complexity index is 276. The van der Waals surface area contributed by atoms with Gasteiger partial charge in [0, 0.05) is 12.2 Å². The number of aryl methyl sites for hydroxylation is 1. The number of hydrogen-bond donors (Lipinski definition) is 2. The number of aliphatic hydroxyl groups is 1. The molecule has 2 nitrogen and oxygen atoms in total. The van der Waals surface area contributed by atoms with E-state index >= 15 is 0 Å². The van der Waals surface area contributed by atoms with E-state index in [-0.39, 0.29) is 0 Å². The summed E-state index contributed by atoms with van der Waals surface area (Å²) in [6, 6.07) is 8.05. The second-order valence-electron chi connectivity index (χ2n) is 3.98. The lowest BCUT2D eigenvalue weighted by Gasteiger charge is -2.19. The molecule has 2 heteroatoms. The topological polar surface area (TPSA) is 32.3 Å². The molecule has 0 spiro atoms. The van der Waals surface area contributed by atoms with Crippen LogP contribution in [0.4, 0.5) is 5.69 Å². The molecule has 0 aliphatic rings. The Hall–Kier alpha value is -1.02. The van der Waals surface area contributed by atoms with Crippen LogP contribution in [0, 0.1) is 6.92 Å². The molecule has 72 valence electrons. The molecule has 0 saturated heterocycles. The van der Waals surface area contributed by atoms with Gasteiger partial charge in [0.05, 0.1) is 5.60 Å². The highest BCUT2D eigenvalue weighted by molar-refractivity contribution is 5.50. The van der Waals surface area contributed by atoms with E-state index in [0.29, 0.717) is 6.54 Å². The molecule has 1 aromatic rings. The highest BCUT2D eigenvalue weighted by Gasteiger charge is 2.11. The number of nitrogens with one attached hydrogen (secondary N) is 1. The highest BCUT2D eigenvalue weighted by atomic mass is 16.3. The number of benzene rings is 1. The first-order valence-electron chi connectivity index (χ1n) is 4.51. The first-order valence-corrected chi connectivity index (χ1v) is 4.51. The van der Waals surface area contributed by atoms with Crippen LogP contribution >= 0.6 is 0 Å². The number of anilines is 1. The molecule has 0 saturated carbocycles. The highest BCUT2D eigenvalue weighted by Crippen LogP contribution is 2.14. The number of para-hydroxylation sites is 1. The van der Waals surface area contributed by atoms with Gasteiger partial charge < -0.3 is 10.4 Å². The fraction of sp³-hybridized carbons (Fsp3) is 0.455. The minimum Gasteiger partial charge on any atom is -0.389 e. The van der Waals surface area contributed by atoms with Gasteiger partial charge >= 0.3 is 0 Å². The minimum atomic E-state index is -0.664. The zero-order chi connectivity index (χ0) is 9.90. The van der Waals surface area contributed by atoms with E-state index in [1.165, 1.54) is 5.56 Å². The predicted molar refractivity (Wildman–Crippen MR) is 56.0 cm³/mol. The van der Waals surface area contributed by atoms with Crippen LogP contribution in [-0.2, 0) is 0 Å². The maximum absolute atomic E-state index is 9.51. The van der Waals surface area contributed by atoms with E-state index in [4.69, 9.17) is 0 Å². The van der Waals surface area contributed by atoms with Crippen molar-refractivity contribution in [3.8, 4) is 0 Å². The van der Waals surface area contributed by atoms with Crippen molar-refractivity contribution in [2.45, 2.75) is 26.4 Å². The van der Waals surface area contributed by atoms with Gasteiger partial charge in [-0.2, -0.15) is 0 Å². The monoisotopic (exact) mass is 179 g/mol. The molecule has 0 radical (unpaired) electrons. The maximum Gasteiger partial charge on any atom is 0.0763 e. The summed E-state index contributed by atoms with van der Waals surface area (Å²) < 4.78 is 0. The molecular weight excluding hydrogens is 162 g/mol. The lowest BCUT2D eigenvalue weighted by atomic mass is 10.1. The first-order chi connectivity index (χ1) is 5.99. The third kappa shape index (κ3) is 3.47. The van der Waals surface area contributed by atoms with Gasteiger partial charge in [0.25, 0.3) is 0 Å². The summed E-state index contributed by atoms with van der Waals surface area (Å²) in [6.45, 7) is 6.20. The summed E-state index contributed by atoms with van der Waals surface area (Å²) in [4.78, 5) is 0. The van der Waals surface area contributed by atoms with E-state index in [2.05, 4.69) is 5.32 Å². The molecule has 2 N–H and O–H groups in total. The smallest absolute Gasteiger partial charge is 0.0763 e. The Morgan fingerprint density at radius 1 is 1.31 bits per heavy atom. The van der Waals surface area contributed by atoms with Crippen molar-refractivity contribution < 1.29 is 5.11 Å². The molecular formula is C11H17NO. The Balaban J connectivity index is 2.60. The molecule has 0 bridgehead atoms. The van der Waals surface area contributed by atoms with Crippen LogP contribution in [0.25, 0.3) is 0 Å². The van der Waals surface area contributed by atoms with Gasteiger partial charge in [-0.25, -0.2) is 0 Å². The van der Waals surface area contributed by atoms with Crippen molar-refractivity contribution in [1.29, 1.82) is 0 Å². The number of rotatable bonds is 3. The molecule has 0 amide bonds. The van der Waals surface area contributed by atoms with Crippen LogP contribution in [0.3, 0.4) is 0 Å². The molecule has 0 aliphatic heterocycles. The zero-order valence-corrected chi connectivity index (χ0v) is 8.46. The first kappa shape index (κ1) is 10.1. The van der Waals surface area contributed by atoms with Gasteiger partial charge in [0.1, 0.15) is 0 Å². The molecule has 1 rings (SSSR count). The van der Waals surface area contributed by atoms with Crippen LogP contribution in [0.2, 0.25) is 0 Å². The van der Waals surface area contributed by atoms with Crippen LogP contribution < -0.4 is 5.32 Å². The second kappa shape index (κ2) is 3.79. The zero-order valence-electron chi connectivity index (χ0n) is 8.46. The van der Waals surface area contributed by atoms with E-state index in [1.54, 1.807) is 13.8 Å². The van der Waals surface area contributed by atoms with Gasteiger partial charge in [-0.15, -0.1) is 0 Å². The lowest BCUT2D eigenvalue weighted by Crippen LogP contribution is -2.29. The van der Waals surface area contributed by atoms with Gasteiger partial charge in [0.2, 0.25) is 0 Å². The molecule has 0 aromatic heterocycles. The number of hydrogen-bond acceptors (Lipinski definition) is 2. The Labute approximate surface area is 79.6 Å². The summed E-state index contributed by atoms with van der Waals surface area (Å²) >= 11 is 0. The lowest BCUT2D eigenvalue weighted by molar-refractivity contribution is 0.0945. The van der Waals surface area contributed by atoms with E-state index in [9.17, 15) is 5.11 Å². The fourth-order valence-corrected chi connectivity index (χ4v) is 1.08. The van der Waals surface area contributed by atoms with Gasteiger partial charge in [-0.05, 0) is 32.4 Å². The normalized spacial score (nSPS) is 11.4. The van der Waals surface area contributed by atoms with E-state index in [1.807, 2.05) is 31.2 Å². The molecule has 0 heterocycles. The van der Waals surface area contributed by atoms with Crippen LogP contribution in [0.5, 0.6) is 0 Å². The summed E-state index contributed by atoms with van der Waals surface area (Å²) in [7, 11) is 0. The largest absolute Gasteiger partial charge is 0.389 e. The molecule has 13 heavy (non-hydrogen) atoms. The summed E-state index contributed by atoms with van der Waals surface area (Å²) in [5.41, 5.74) is 1.62. The van der Waals surface area contributed by atoms with E-state index < -0.39 is 5.60 Å². The van der Waals surface area contributed by atoms with Crippen molar-refractivity contribution in [2.75, 3.05) is 11.9 Å². The molecule has 0 atom stereocenters. The molecule has 0 aliphatic carbocycles. The van der Waals surface area contributed by atoms with Gasteiger partial charge in [-0.1, -0.05) is 18.2 Å². The summed E-state index contributed by atoms with van der Waals surface area (Å²) in [5, 5.41) is 12.7. The average molecular weight is 179 g/mol. The fourth-order valence-electron chi connectivity index (χ4n) is 1.08. The predicted octanol–water partition coefficient (Wildman–Crippen LogP) is 2.18. The summed E-state index contributed by atoms with van der Waals surface area (Å²) in [5.74, 6) is 0. The second-order valence-corrected chi connectivity index (χ2v) is 3.98. The van der Waals surface area contributed by atoms with Crippen LogP contribution in [0.15, 0.2) is 24.3 Å².